The highest BCUT2D eigenvalue weighted by molar-refractivity contribution is 5.84. The topological polar surface area (TPSA) is 135 Å². The van der Waals surface area contributed by atoms with E-state index in [1.807, 2.05) is 42.9 Å². The van der Waals surface area contributed by atoms with Crippen LogP contribution in [0.2, 0.25) is 0 Å². The number of fused-ring (bicyclic) bond motifs is 3. The molecule has 0 aliphatic carbocycles. The summed E-state index contributed by atoms with van der Waals surface area (Å²) >= 11 is 0. The minimum absolute atomic E-state index is 0.422. The van der Waals surface area contributed by atoms with Crippen LogP contribution >= 0.6 is 0 Å². The van der Waals surface area contributed by atoms with Crippen LogP contribution in [0.25, 0.3) is 16.6 Å². The molecule has 0 spiro atoms. The number of nitrogens with two attached hydrogens (primary N) is 1. The van der Waals surface area contributed by atoms with Crippen LogP contribution in [0.15, 0.2) is 55.1 Å². The number of rotatable bonds is 8. The van der Waals surface area contributed by atoms with Crippen molar-refractivity contribution in [3.05, 3.63) is 71.8 Å². The Morgan fingerprint density at radius 3 is 2.56 bits per heavy atom. The first kappa shape index (κ1) is 26.5. The Kier molecular flexibility index (Phi) is 6.71. The molecule has 3 aliphatic heterocycles. The largest absolute Gasteiger partial charge is 0.481 e. The van der Waals surface area contributed by atoms with Crippen LogP contribution in [0.4, 0.5) is 10.6 Å². The van der Waals surface area contributed by atoms with Crippen molar-refractivity contribution in [1.82, 2.24) is 24.5 Å². The summed E-state index contributed by atoms with van der Waals surface area (Å²) in [5, 5.41) is 14.1. The van der Waals surface area contributed by atoms with Crippen molar-refractivity contribution in [2.45, 2.75) is 50.9 Å². The van der Waals surface area contributed by atoms with Crippen LogP contribution in [0.5, 0.6) is 5.88 Å². The standard InChI is InChI=1S/C30H32N8O3/c1-30(2,41-29(32)39)10-20-8-25(28-22(11-31)14-35-38(28)16-20)21-5-6-26(33-13-21)36-17-23-9-24(18-36)37(23)15-19-4-7-27(40-3)34-12-19/h4-8,12-14,16,23-24H,9-10,15,17-18H2,1-3H3,(H2,32,39). The Morgan fingerprint density at radius 1 is 1.12 bits per heavy atom. The van der Waals surface area contributed by atoms with Crippen molar-refractivity contribution in [3.63, 3.8) is 0 Å². The number of nitriles is 1. The lowest BCUT2D eigenvalue weighted by atomic mass is 9.87. The minimum Gasteiger partial charge on any atom is -0.481 e. The smallest absolute Gasteiger partial charge is 0.405 e. The van der Waals surface area contributed by atoms with E-state index in [1.54, 1.807) is 31.7 Å². The molecule has 4 aromatic heterocycles. The van der Waals surface area contributed by atoms with E-state index in [4.69, 9.17) is 20.2 Å². The average Bonchev–Trinajstić information content (AvgIpc) is 3.38. The minimum atomic E-state index is -0.821. The SMILES string of the molecule is COc1ccc(CN2C3CC2CN(c2ccc(-c4cc(CC(C)(C)OC(N)=O)cn5ncc(C#N)c45)cn2)C3)cn1. The number of pyridine rings is 3. The van der Waals surface area contributed by atoms with Crippen molar-refractivity contribution in [2.24, 2.45) is 5.73 Å². The Bertz CT molecular complexity index is 1610. The number of ether oxygens (including phenoxy) is 2. The zero-order valence-electron chi connectivity index (χ0n) is 23.3. The molecule has 3 fully saturated rings. The van der Waals surface area contributed by atoms with Gasteiger partial charge in [-0.25, -0.2) is 19.3 Å². The van der Waals surface area contributed by atoms with Gasteiger partial charge in [-0.1, -0.05) is 6.07 Å². The Hall–Kier alpha value is -4.69. The van der Waals surface area contributed by atoms with Crippen molar-refractivity contribution in [1.29, 1.82) is 5.26 Å². The van der Waals surface area contributed by atoms with Crippen LogP contribution < -0.4 is 15.4 Å². The highest BCUT2D eigenvalue weighted by atomic mass is 16.6. The third-order valence-electron chi connectivity index (χ3n) is 7.89. The number of amides is 1. The van der Waals surface area contributed by atoms with Gasteiger partial charge in [0.2, 0.25) is 5.88 Å². The van der Waals surface area contributed by atoms with Crippen LogP contribution in [-0.4, -0.2) is 68.5 Å². The van der Waals surface area contributed by atoms with E-state index in [0.717, 1.165) is 42.1 Å². The van der Waals surface area contributed by atoms with Gasteiger partial charge in [0.1, 0.15) is 17.5 Å². The molecular weight excluding hydrogens is 520 g/mol. The molecule has 7 rings (SSSR count). The van der Waals surface area contributed by atoms with Crippen LogP contribution in [0, 0.1) is 11.3 Å². The molecule has 2 bridgehead atoms. The van der Waals surface area contributed by atoms with Gasteiger partial charge >= 0.3 is 6.09 Å². The molecule has 7 heterocycles. The first-order valence-corrected chi connectivity index (χ1v) is 13.6. The second kappa shape index (κ2) is 10.4. The van der Waals surface area contributed by atoms with Crippen LogP contribution in [0.1, 0.15) is 37.0 Å². The summed E-state index contributed by atoms with van der Waals surface area (Å²) in [5.41, 5.74) is 9.44. The molecule has 41 heavy (non-hydrogen) atoms. The van der Waals surface area contributed by atoms with Crippen LogP contribution in [0.3, 0.4) is 0 Å². The van der Waals surface area contributed by atoms with Gasteiger partial charge in [-0.2, -0.15) is 10.4 Å². The highest BCUT2D eigenvalue weighted by Crippen LogP contribution is 2.36. The average molecular weight is 553 g/mol. The lowest BCUT2D eigenvalue weighted by Gasteiger charge is -2.56. The molecule has 0 aromatic carbocycles. The fourth-order valence-corrected chi connectivity index (χ4v) is 6.08. The Labute approximate surface area is 238 Å². The summed E-state index contributed by atoms with van der Waals surface area (Å²) in [6.45, 7) is 6.33. The lowest BCUT2D eigenvalue weighted by molar-refractivity contribution is -0.00876. The molecule has 0 radical (unpaired) electrons. The molecule has 2 N–H and O–H groups in total. The quantitative estimate of drug-likeness (QED) is 0.348. The van der Waals surface area contributed by atoms with Gasteiger partial charge in [0.05, 0.1) is 24.4 Å². The number of carbonyl (C=O) groups excluding carboxylic acids is 1. The number of primary amides is 1. The third kappa shape index (κ3) is 5.26. The molecule has 3 saturated heterocycles. The number of carbonyl (C=O) groups is 1. The van der Waals surface area contributed by atoms with E-state index in [2.05, 4.69) is 32.0 Å². The summed E-state index contributed by atoms with van der Waals surface area (Å²) in [4.78, 5) is 25.5. The summed E-state index contributed by atoms with van der Waals surface area (Å²) in [7, 11) is 1.63. The van der Waals surface area contributed by atoms with Gasteiger partial charge < -0.3 is 20.1 Å². The summed E-state index contributed by atoms with van der Waals surface area (Å²) in [6.07, 6.45) is 7.95. The molecule has 11 nitrogen and oxygen atoms in total. The van der Waals surface area contributed by atoms with Gasteiger partial charge in [-0.05, 0) is 49.6 Å². The van der Waals surface area contributed by atoms with Gasteiger partial charge in [0, 0.05) is 73.9 Å². The summed E-state index contributed by atoms with van der Waals surface area (Å²) in [6, 6.07) is 13.3. The third-order valence-corrected chi connectivity index (χ3v) is 7.89. The van der Waals surface area contributed by atoms with Gasteiger partial charge in [0.25, 0.3) is 0 Å². The summed E-state index contributed by atoms with van der Waals surface area (Å²) in [5.74, 6) is 1.56. The van der Waals surface area contributed by atoms with Gasteiger partial charge in [-0.3, -0.25) is 4.90 Å². The Balaban J connectivity index is 1.20. The van der Waals surface area contributed by atoms with E-state index >= 15 is 0 Å². The normalized spacial score (nSPS) is 18.5. The molecule has 11 heteroatoms. The number of nitrogens with zero attached hydrogens (tertiary/aromatic N) is 7. The van der Waals surface area contributed by atoms with Crippen molar-refractivity contribution >= 4 is 17.4 Å². The van der Waals surface area contributed by atoms with Crippen molar-refractivity contribution in [3.8, 4) is 23.1 Å². The number of piperidine rings is 1. The van der Waals surface area contributed by atoms with E-state index in [-0.39, 0.29) is 0 Å². The number of hydrogen-bond donors (Lipinski definition) is 1. The molecule has 210 valence electrons. The maximum atomic E-state index is 11.4. The number of piperazine rings is 1. The zero-order valence-corrected chi connectivity index (χ0v) is 23.3. The maximum Gasteiger partial charge on any atom is 0.405 e. The monoisotopic (exact) mass is 552 g/mol. The predicted octanol–water partition coefficient (Wildman–Crippen LogP) is 3.55. The second-order valence-corrected chi connectivity index (χ2v) is 11.3. The molecular formula is C30H32N8O3. The number of hydrogen-bond acceptors (Lipinski definition) is 9. The Morgan fingerprint density at radius 2 is 1.93 bits per heavy atom. The lowest BCUT2D eigenvalue weighted by Crippen LogP contribution is -2.68. The van der Waals surface area contributed by atoms with E-state index < -0.39 is 11.7 Å². The van der Waals surface area contributed by atoms with E-state index in [9.17, 15) is 10.1 Å². The molecule has 4 aromatic rings. The zero-order chi connectivity index (χ0) is 28.7. The second-order valence-electron chi connectivity index (χ2n) is 11.3. The number of methoxy groups -OCH3 is 1. The number of aromatic nitrogens is 4. The molecule has 2 unspecified atom stereocenters. The fraction of sp³-hybridized carbons (Fsp3) is 0.367. The highest BCUT2D eigenvalue weighted by Gasteiger charge is 2.44. The molecule has 0 saturated carbocycles. The molecule has 3 aliphatic rings. The molecule has 1 amide bonds. The van der Waals surface area contributed by atoms with Crippen molar-refractivity contribution in [2.75, 3.05) is 25.1 Å². The van der Waals surface area contributed by atoms with Crippen LogP contribution in [-0.2, 0) is 17.7 Å². The first-order valence-electron chi connectivity index (χ1n) is 13.6. The maximum absolute atomic E-state index is 11.4. The van der Waals surface area contributed by atoms with E-state index in [0.29, 0.717) is 35.5 Å². The van der Waals surface area contributed by atoms with Gasteiger partial charge in [0.15, 0.2) is 0 Å². The van der Waals surface area contributed by atoms with Gasteiger partial charge in [-0.15, -0.1) is 0 Å². The molecule has 2 atom stereocenters. The first-order chi connectivity index (χ1) is 19.7. The predicted molar refractivity (Wildman–Crippen MR) is 152 cm³/mol. The fourth-order valence-electron chi connectivity index (χ4n) is 6.08. The van der Waals surface area contributed by atoms with Crippen molar-refractivity contribution < 1.29 is 14.3 Å². The summed E-state index contributed by atoms with van der Waals surface area (Å²) < 4.78 is 12.2. The van der Waals surface area contributed by atoms with E-state index in [1.165, 1.54) is 12.0 Å². The number of anilines is 1.